The van der Waals surface area contributed by atoms with E-state index >= 15 is 0 Å². The normalized spacial score (nSPS) is 15.5. The topological polar surface area (TPSA) is 48.6 Å². The van der Waals surface area contributed by atoms with E-state index in [2.05, 4.69) is 28.9 Å². The quantitative estimate of drug-likeness (QED) is 0.627. The van der Waals surface area contributed by atoms with Crippen LogP contribution in [-0.4, -0.2) is 61.0 Å². The van der Waals surface area contributed by atoms with Crippen LogP contribution in [0.2, 0.25) is 0 Å². The Hall–Kier alpha value is -1.85. The first kappa shape index (κ1) is 17.0. The molecule has 1 N–H and O–H groups in total. The molecule has 0 radical (unpaired) electrons. The molecule has 3 rings (SSSR count). The molecule has 0 bridgehead atoms. The highest BCUT2D eigenvalue weighted by atomic mass is 16.5. The van der Waals surface area contributed by atoms with Gasteiger partial charge in [-0.25, -0.2) is 0 Å². The summed E-state index contributed by atoms with van der Waals surface area (Å²) in [5.74, 6) is 0.531. The third-order valence-electron chi connectivity index (χ3n) is 4.63. The molecule has 130 valence electrons. The number of likely N-dealkylation sites (N-methyl/N-ethyl adjacent to an activating group) is 1. The van der Waals surface area contributed by atoms with Crippen LogP contribution in [0.25, 0.3) is 10.9 Å². The van der Waals surface area contributed by atoms with E-state index in [4.69, 9.17) is 4.74 Å². The Bertz CT molecular complexity index is 687. The third-order valence-corrected chi connectivity index (χ3v) is 4.63. The average molecular weight is 329 g/mol. The molecule has 0 atom stereocenters. The van der Waals surface area contributed by atoms with E-state index in [9.17, 15) is 4.79 Å². The summed E-state index contributed by atoms with van der Waals surface area (Å²) in [7, 11) is 4.13. The number of hydrogen-bond acceptors (Lipinski definition) is 4. The zero-order chi connectivity index (χ0) is 16.9. The second-order valence-corrected chi connectivity index (χ2v) is 6.82. The molecule has 2 heterocycles. The van der Waals surface area contributed by atoms with Crippen LogP contribution in [0.15, 0.2) is 24.4 Å². The fourth-order valence-corrected chi connectivity index (χ4v) is 3.28. The summed E-state index contributed by atoms with van der Waals surface area (Å²) in [6, 6.07) is 5.84. The second kappa shape index (κ2) is 7.81. The summed E-state index contributed by atoms with van der Waals surface area (Å²) < 4.78 is 5.69. The van der Waals surface area contributed by atoms with Gasteiger partial charge in [-0.2, -0.15) is 0 Å². The summed E-state index contributed by atoms with van der Waals surface area (Å²) in [5.41, 5.74) is 2.22. The van der Waals surface area contributed by atoms with Crippen molar-refractivity contribution in [2.24, 2.45) is 0 Å². The predicted octanol–water partition coefficient (Wildman–Crippen LogP) is 2.66. The SMILES string of the molecule is CN(C)CCc1c[nH]c2cccc(OC(=O)CCN3CCCC3)c12. The average Bonchev–Trinajstić information content (AvgIpc) is 3.21. The maximum Gasteiger partial charge on any atom is 0.312 e. The highest BCUT2D eigenvalue weighted by molar-refractivity contribution is 5.91. The Morgan fingerprint density at radius 3 is 2.83 bits per heavy atom. The van der Waals surface area contributed by atoms with Gasteiger partial charge in [0.1, 0.15) is 5.75 Å². The molecule has 1 aromatic heterocycles. The summed E-state index contributed by atoms with van der Waals surface area (Å²) in [6.07, 6.45) is 5.89. The van der Waals surface area contributed by atoms with Crippen molar-refractivity contribution in [1.82, 2.24) is 14.8 Å². The molecule has 1 fully saturated rings. The number of aromatic nitrogens is 1. The zero-order valence-corrected chi connectivity index (χ0v) is 14.7. The maximum atomic E-state index is 12.2. The number of fused-ring (bicyclic) bond motifs is 1. The molecule has 5 heteroatoms. The summed E-state index contributed by atoms with van der Waals surface area (Å²) in [4.78, 5) is 20.0. The summed E-state index contributed by atoms with van der Waals surface area (Å²) >= 11 is 0. The van der Waals surface area contributed by atoms with Gasteiger partial charge in [0.15, 0.2) is 0 Å². The van der Waals surface area contributed by atoms with Crippen molar-refractivity contribution >= 4 is 16.9 Å². The molecular weight excluding hydrogens is 302 g/mol. The molecule has 24 heavy (non-hydrogen) atoms. The van der Waals surface area contributed by atoms with Crippen LogP contribution in [0.4, 0.5) is 0 Å². The second-order valence-electron chi connectivity index (χ2n) is 6.82. The molecule has 1 saturated heterocycles. The van der Waals surface area contributed by atoms with Crippen LogP contribution in [0.3, 0.4) is 0 Å². The number of esters is 1. The van der Waals surface area contributed by atoms with E-state index in [-0.39, 0.29) is 5.97 Å². The van der Waals surface area contributed by atoms with E-state index in [1.54, 1.807) is 0 Å². The number of aromatic amines is 1. The van der Waals surface area contributed by atoms with Gasteiger partial charge in [0.25, 0.3) is 0 Å². The first-order valence-corrected chi connectivity index (χ1v) is 8.80. The predicted molar refractivity (Wildman–Crippen MR) is 96.5 cm³/mol. The molecule has 0 amide bonds. The fraction of sp³-hybridized carbons (Fsp3) is 0.526. The highest BCUT2D eigenvalue weighted by Crippen LogP contribution is 2.29. The minimum absolute atomic E-state index is 0.144. The molecule has 1 aliphatic heterocycles. The molecule has 0 saturated carbocycles. The lowest BCUT2D eigenvalue weighted by Gasteiger charge is -2.14. The van der Waals surface area contributed by atoms with Crippen molar-refractivity contribution in [3.63, 3.8) is 0 Å². The van der Waals surface area contributed by atoms with Gasteiger partial charge in [0.05, 0.1) is 6.42 Å². The first-order valence-electron chi connectivity index (χ1n) is 8.80. The van der Waals surface area contributed by atoms with Crippen molar-refractivity contribution in [2.45, 2.75) is 25.7 Å². The van der Waals surface area contributed by atoms with Gasteiger partial charge in [-0.3, -0.25) is 4.79 Å². The molecular formula is C19H27N3O2. The van der Waals surface area contributed by atoms with Crippen molar-refractivity contribution in [1.29, 1.82) is 0 Å². The maximum absolute atomic E-state index is 12.2. The number of benzene rings is 1. The van der Waals surface area contributed by atoms with Crippen molar-refractivity contribution in [3.05, 3.63) is 30.0 Å². The monoisotopic (exact) mass is 329 g/mol. The molecule has 5 nitrogen and oxygen atoms in total. The minimum atomic E-state index is -0.144. The van der Waals surface area contributed by atoms with Gasteiger partial charge in [-0.05, 0) is 64.1 Å². The van der Waals surface area contributed by atoms with Crippen LogP contribution in [0.5, 0.6) is 5.75 Å². The lowest BCUT2D eigenvalue weighted by Crippen LogP contribution is -2.24. The van der Waals surface area contributed by atoms with Crippen LogP contribution in [0.1, 0.15) is 24.8 Å². The van der Waals surface area contributed by atoms with Gasteiger partial charge >= 0.3 is 5.97 Å². The Balaban J connectivity index is 1.68. The van der Waals surface area contributed by atoms with Crippen LogP contribution >= 0.6 is 0 Å². The van der Waals surface area contributed by atoms with E-state index in [0.717, 1.165) is 43.5 Å². The smallest absolute Gasteiger partial charge is 0.312 e. The molecule has 1 aliphatic rings. The highest BCUT2D eigenvalue weighted by Gasteiger charge is 2.16. The number of hydrogen-bond donors (Lipinski definition) is 1. The third kappa shape index (κ3) is 4.16. The standard InChI is InChI=1S/C19H27N3O2/c1-21(2)12-8-15-14-20-16-6-5-7-17(19(15)16)24-18(23)9-13-22-10-3-4-11-22/h5-7,14,20H,3-4,8-13H2,1-2H3. The van der Waals surface area contributed by atoms with Gasteiger partial charge in [-0.1, -0.05) is 6.07 Å². The van der Waals surface area contributed by atoms with Crippen LogP contribution in [0, 0.1) is 0 Å². The van der Waals surface area contributed by atoms with E-state index in [0.29, 0.717) is 12.2 Å². The number of likely N-dealkylation sites (tertiary alicyclic amines) is 1. The van der Waals surface area contributed by atoms with Crippen molar-refractivity contribution in [3.8, 4) is 5.75 Å². The summed E-state index contributed by atoms with van der Waals surface area (Å²) in [6.45, 7) is 3.98. The van der Waals surface area contributed by atoms with Crippen LogP contribution in [-0.2, 0) is 11.2 Å². The van der Waals surface area contributed by atoms with Crippen molar-refractivity contribution < 1.29 is 9.53 Å². The number of ether oxygens (including phenoxy) is 1. The largest absolute Gasteiger partial charge is 0.426 e. The number of carbonyl (C=O) groups is 1. The Kier molecular flexibility index (Phi) is 5.53. The fourth-order valence-electron chi connectivity index (χ4n) is 3.28. The zero-order valence-electron chi connectivity index (χ0n) is 14.7. The van der Waals surface area contributed by atoms with Gasteiger partial charge in [0, 0.05) is 30.2 Å². The Labute approximate surface area is 143 Å². The van der Waals surface area contributed by atoms with Gasteiger partial charge in [0.2, 0.25) is 0 Å². The number of nitrogens with one attached hydrogen (secondary N) is 1. The molecule has 0 spiro atoms. The molecule has 0 unspecified atom stereocenters. The number of H-pyrrole nitrogens is 1. The van der Waals surface area contributed by atoms with Gasteiger partial charge < -0.3 is 19.5 Å². The van der Waals surface area contributed by atoms with E-state index in [1.165, 1.54) is 18.4 Å². The van der Waals surface area contributed by atoms with Crippen LogP contribution < -0.4 is 4.74 Å². The van der Waals surface area contributed by atoms with E-state index < -0.39 is 0 Å². The number of rotatable bonds is 7. The molecule has 1 aromatic carbocycles. The number of carbonyl (C=O) groups excluding carboxylic acids is 1. The molecule has 0 aliphatic carbocycles. The Morgan fingerprint density at radius 2 is 2.08 bits per heavy atom. The lowest BCUT2D eigenvalue weighted by molar-refractivity contribution is -0.134. The van der Waals surface area contributed by atoms with Gasteiger partial charge in [-0.15, -0.1) is 0 Å². The summed E-state index contributed by atoms with van der Waals surface area (Å²) in [5, 5.41) is 1.04. The van der Waals surface area contributed by atoms with E-state index in [1.807, 2.05) is 24.4 Å². The van der Waals surface area contributed by atoms with Crippen molar-refractivity contribution in [2.75, 3.05) is 40.3 Å². The first-order chi connectivity index (χ1) is 11.6. The Morgan fingerprint density at radius 1 is 1.29 bits per heavy atom. The number of nitrogens with zero attached hydrogens (tertiary/aromatic N) is 2. The lowest BCUT2D eigenvalue weighted by atomic mass is 10.1. The molecule has 2 aromatic rings. The minimum Gasteiger partial charge on any atom is -0.426 e.